The standard InChI is InChI=1S/C50H34N2.C26H19BO2.C25H19N/c1-4-16-35(17-5-1)49-42-23-10-12-25-44(42)50(45-26-13-11-24-43(45)49)36-28-30-39(31-29-36)52-47-27-15-14-22-41(47)46-34-40(32-33-48(46)52)51(37-18-6-2-7-19-37)38-20-8-3-9-21-38;28-27(29)20-16-14-19(15-17-20)26-23-12-6-4-10-21(23)25(18-8-2-1-3-9-18)22-11-5-7-13-24(22)26;1-3-10-21(11-4-1)26(22-12-5-2-6-13-22)23-16-15-20-17-19-9-7-8-14-24(19)25(20)18-23/h1-34H;1-17,28-29H;1-16,18H,17H2. The molecular weight excluding hydrogens is 1300 g/mol. The third-order valence-corrected chi connectivity index (χ3v) is 20.9. The van der Waals surface area contributed by atoms with Crippen molar-refractivity contribution in [3.8, 4) is 61.3 Å². The molecule has 1 heterocycles. The van der Waals surface area contributed by atoms with Crippen molar-refractivity contribution in [2.45, 2.75) is 6.42 Å². The molecular formula is C101H72BN3O2. The summed E-state index contributed by atoms with van der Waals surface area (Å²) in [5, 5.41) is 31.2. The van der Waals surface area contributed by atoms with Crippen molar-refractivity contribution < 1.29 is 10.0 Å². The van der Waals surface area contributed by atoms with Crippen molar-refractivity contribution in [1.82, 2.24) is 4.57 Å². The van der Waals surface area contributed by atoms with Gasteiger partial charge in [-0.2, -0.15) is 0 Å². The molecule has 0 spiro atoms. The highest BCUT2D eigenvalue weighted by Gasteiger charge is 2.24. The molecule has 5 nitrogen and oxygen atoms in total. The lowest BCUT2D eigenvalue weighted by Crippen LogP contribution is -2.29. The molecule has 107 heavy (non-hydrogen) atoms. The molecule has 19 aromatic rings. The van der Waals surface area contributed by atoms with E-state index in [1.807, 2.05) is 18.2 Å². The molecule has 0 bridgehead atoms. The zero-order chi connectivity index (χ0) is 71.6. The second-order valence-electron chi connectivity index (χ2n) is 27.2. The van der Waals surface area contributed by atoms with Gasteiger partial charge in [0.2, 0.25) is 0 Å². The number of rotatable bonds is 12. The van der Waals surface area contributed by atoms with E-state index in [2.05, 4.69) is 397 Å². The monoisotopic (exact) mass is 1370 g/mol. The Morgan fingerprint density at radius 1 is 0.224 bits per heavy atom. The van der Waals surface area contributed by atoms with Gasteiger partial charge in [-0.1, -0.05) is 315 Å². The summed E-state index contributed by atoms with van der Waals surface area (Å²) in [5.41, 5.74) is 26.1. The van der Waals surface area contributed by atoms with E-state index in [0.717, 1.165) is 40.3 Å². The minimum absolute atomic E-state index is 0.489. The maximum Gasteiger partial charge on any atom is 0.488 e. The summed E-state index contributed by atoms with van der Waals surface area (Å²) in [7, 11) is -1.46. The highest BCUT2D eigenvalue weighted by atomic mass is 16.4. The topological polar surface area (TPSA) is 51.9 Å². The molecule has 0 atom stereocenters. The van der Waals surface area contributed by atoms with Gasteiger partial charge in [0.05, 0.1) is 11.0 Å². The molecule has 1 aromatic heterocycles. The zero-order valence-electron chi connectivity index (χ0n) is 58.8. The second kappa shape index (κ2) is 28.9. The summed E-state index contributed by atoms with van der Waals surface area (Å²) >= 11 is 0. The van der Waals surface area contributed by atoms with Gasteiger partial charge in [0.1, 0.15) is 0 Å². The van der Waals surface area contributed by atoms with E-state index in [9.17, 15) is 10.0 Å². The van der Waals surface area contributed by atoms with Crippen LogP contribution in [0.4, 0.5) is 34.1 Å². The number of hydrogen-bond acceptors (Lipinski definition) is 4. The number of para-hydroxylation sites is 5. The highest BCUT2D eigenvalue weighted by Crippen LogP contribution is 2.48. The number of fused-ring (bicyclic) bond motifs is 10. The maximum atomic E-state index is 9.45. The van der Waals surface area contributed by atoms with Crippen LogP contribution in [0.15, 0.2) is 413 Å². The molecule has 20 rings (SSSR count). The van der Waals surface area contributed by atoms with Crippen LogP contribution in [0.3, 0.4) is 0 Å². The minimum atomic E-state index is -1.46. The predicted octanol–water partition coefficient (Wildman–Crippen LogP) is 25.6. The van der Waals surface area contributed by atoms with E-state index in [0.29, 0.717) is 5.46 Å². The average molecular weight is 1370 g/mol. The van der Waals surface area contributed by atoms with Crippen LogP contribution in [0.25, 0.3) is 126 Å². The lowest BCUT2D eigenvalue weighted by molar-refractivity contribution is 0.426. The van der Waals surface area contributed by atoms with Gasteiger partial charge in [0.25, 0.3) is 0 Å². The Kier molecular flexibility index (Phi) is 17.7. The van der Waals surface area contributed by atoms with Crippen molar-refractivity contribution >= 4 is 112 Å². The fourth-order valence-electron chi connectivity index (χ4n) is 16.1. The van der Waals surface area contributed by atoms with Gasteiger partial charge in [0.15, 0.2) is 0 Å². The maximum absolute atomic E-state index is 9.45. The number of aromatic nitrogens is 1. The molecule has 0 radical (unpaired) electrons. The van der Waals surface area contributed by atoms with Crippen LogP contribution in [-0.4, -0.2) is 21.7 Å². The van der Waals surface area contributed by atoms with E-state index in [1.54, 1.807) is 12.1 Å². The lowest BCUT2D eigenvalue weighted by atomic mass is 9.79. The smallest absolute Gasteiger partial charge is 0.423 e. The summed E-state index contributed by atoms with van der Waals surface area (Å²) in [5.74, 6) is 0. The molecule has 0 amide bonds. The van der Waals surface area contributed by atoms with Crippen molar-refractivity contribution in [3.05, 3.63) is 424 Å². The molecule has 6 heteroatoms. The summed E-state index contributed by atoms with van der Waals surface area (Å²) < 4.78 is 2.41. The highest BCUT2D eigenvalue weighted by molar-refractivity contribution is 6.58. The van der Waals surface area contributed by atoms with Gasteiger partial charge in [0, 0.05) is 50.6 Å². The quantitative estimate of drug-likeness (QED) is 0.0945. The minimum Gasteiger partial charge on any atom is -0.423 e. The first-order chi connectivity index (χ1) is 53.0. The first-order valence-electron chi connectivity index (χ1n) is 36.6. The number of nitrogens with zero attached hydrogens (tertiary/aromatic N) is 3. The Morgan fingerprint density at radius 2 is 0.533 bits per heavy atom. The van der Waals surface area contributed by atoms with Crippen LogP contribution in [-0.2, 0) is 6.42 Å². The largest absolute Gasteiger partial charge is 0.488 e. The van der Waals surface area contributed by atoms with Gasteiger partial charge < -0.3 is 24.4 Å². The zero-order valence-corrected chi connectivity index (χ0v) is 58.8. The van der Waals surface area contributed by atoms with Crippen LogP contribution in [0.2, 0.25) is 0 Å². The van der Waals surface area contributed by atoms with Crippen molar-refractivity contribution in [2.24, 2.45) is 0 Å². The first kappa shape index (κ1) is 65.4. The molecule has 2 N–H and O–H groups in total. The molecule has 0 unspecified atom stereocenters. The third-order valence-electron chi connectivity index (χ3n) is 20.9. The van der Waals surface area contributed by atoms with Crippen molar-refractivity contribution in [1.29, 1.82) is 0 Å². The second-order valence-corrected chi connectivity index (χ2v) is 27.2. The Hall–Kier alpha value is -13.6. The van der Waals surface area contributed by atoms with E-state index in [4.69, 9.17) is 0 Å². The number of anilines is 6. The van der Waals surface area contributed by atoms with Crippen LogP contribution < -0.4 is 15.3 Å². The normalized spacial score (nSPS) is 11.4. The number of hydrogen-bond donors (Lipinski definition) is 2. The molecule has 1 aliphatic rings. The van der Waals surface area contributed by atoms with E-state index in [-0.39, 0.29) is 0 Å². The van der Waals surface area contributed by atoms with E-state index < -0.39 is 7.12 Å². The van der Waals surface area contributed by atoms with E-state index >= 15 is 0 Å². The van der Waals surface area contributed by atoms with Crippen molar-refractivity contribution in [2.75, 3.05) is 9.80 Å². The molecule has 0 fully saturated rings. The van der Waals surface area contributed by atoms with Crippen LogP contribution in [0.1, 0.15) is 11.1 Å². The van der Waals surface area contributed by atoms with Gasteiger partial charge >= 0.3 is 7.12 Å². The fraction of sp³-hybridized carbons (Fsp3) is 0.00990. The summed E-state index contributed by atoms with van der Waals surface area (Å²) in [4.78, 5) is 4.65. The summed E-state index contributed by atoms with van der Waals surface area (Å²) in [6.45, 7) is 0. The van der Waals surface area contributed by atoms with Crippen molar-refractivity contribution in [3.63, 3.8) is 0 Å². The van der Waals surface area contributed by atoms with E-state index in [1.165, 1.54) is 138 Å². The summed E-state index contributed by atoms with van der Waals surface area (Å²) in [6.07, 6.45) is 1.03. The predicted molar refractivity (Wildman–Crippen MR) is 453 cm³/mol. The molecule has 18 aromatic carbocycles. The van der Waals surface area contributed by atoms with Gasteiger partial charge in [-0.15, -0.1) is 0 Å². The van der Waals surface area contributed by atoms with Gasteiger partial charge in [-0.3, -0.25) is 0 Å². The molecule has 0 aliphatic heterocycles. The van der Waals surface area contributed by atoms with Gasteiger partial charge in [-0.25, -0.2) is 0 Å². The number of benzene rings is 18. The van der Waals surface area contributed by atoms with Crippen LogP contribution >= 0.6 is 0 Å². The summed E-state index contributed by atoms with van der Waals surface area (Å²) in [6, 6.07) is 146. The third kappa shape index (κ3) is 12.4. The Morgan fingerprint density at radius 3 is 0.944 bits per heavy atom. The average Bonchev–Trinajstić information content (AvgIpc) is 1.00. The first-order valence-corrected chi connectivity index (χ1v) is 36.6. The Bertz CT molecular complexity index is 6220. The lowest BCUT2D eigenvalue weighted by Gasteiger charge is -2.26. The van der Waals surface area contributed by atoms with Crippen LogP contribution in [0.5, 0.6) is 0 Å². The molecule has 0 saturated heterocycles. The SMILES string of the molecule is OB(O)c1ccc(-c2c3ccccc3c(-c3ccccc3)c3ccccc23)cc1.c1ccc(-c2c3ccccc3c(-c3ccc(-n4c5ccccc5c5cc(N(c6ccccc6)c6ccccc6)ccc54)cc3)c3ccccc23)cc1.c1ccc(N(c2ccccc2)c2ccc3c(c2)-c2ccccc2C3)cc1. The van der Waals surface area contributed by atoms with Crippen LogP contribution in [0, 0.1) is 0 Å². The Balaban J connectivity index is 0.000000124. The molecule has 506 valence electrons. The molecule has 0 saturated carbocycles. The molecule has 1 aliphatic carbocycles. The fourth-order valence-corrected chi connectivity index (χ4v) is 16.1. The Labute approximate surface area is 623 Å². The van der Waals surface area contributed by atoms with Gasteiger partial charge in [-0.05, 0) is 219 Å².